The van der Waals surface area contributed by atoms with Gasteiger partial charge in [0.05, 0.1) is 13.2 Å². The highest BCUT2D eigenvalue weighted by Crippen LogP contribution is 2.39. The molecule has 1 aliphatic heterocycles. The SMILES string of the molecule is COCCN1CC2(CCCC2)N(Cc2cccnc2)CC1=O. The Labute approximate surface area is 132 Å². The number of hydrogen-bond donors (Lipinski definition) is 0. The molecule has 3 rings (SSSR count). The quantitative estimate of drug-likeness (QED) is 0.830. The van der Waals surface area contributed by atoms with Gasteiger partial charge in [0.1, 0.15) is 0 Å². The summed E-state index contributed by atoms with van der Waals surface area (Å²) >= 11 is 0. The van der Waals surface area contributed by atoms with Crippen molar-refractivity contribution in [1.29, 1.82) is 0 Å². The van der Waals surface area contributed by atoms with Crippen molar-refractivity contribution in [2.24, 2.45) is 0 Å². The fourth-order valence-corrected chi connectivity index (χ4v) is 3.82. The molecule has 2 heterocycles. The highest BCUT2D eigenvalue weighted by Gasteiger charge is 2.45. The Kier molecular flexibility index (Phi) is 4.74. The molecular weight excluding hydrogens is 278 g/mol. The summed E-state index contributed by atoms with van der Waals surface area (Å²) in [5.41, 5.74) is 1.34. The minimum atomic E-state index is 0.150. The lowest BCUT2D eigenvalue weighted by atomic mass is 9.91. The first kappa shape index (κ1) is 15.4. The van der Waals surface area contributed by atoms with E-state index in [1.807, 2.05) is 17.2 Å². The summed E-state index contributed by atoms with van der Waals surface area (Å²) in [6, 6.07) is 4.06. The number of amides is 1. The highest BCUT2D eigenvalue weighted by molar-refractivity contribution is 5.79. The summed E-state index contributed by atoms with van der Waals surface area (Å²) in [5.74, 6) is 0.221. The smallest absolute Gasteiger partial charge is 0.236 e. The zero-order chi connectivity index (χ0) is 15.4. The van der Waals surface area contributed by atoms with Crippen LogP contribution in [-0.2, 0) is 16.1 Å². The van der Waals surface area contributed by atoms with Crippen molar-refractivity contribution < 1.29 is 9.53 Å². The summed E-state index contributed by atoms with van der Waals surface area (Å²) in [5, 5.41) is 0. The lowest BCUT2D eigenvalue weighted by Gasteiger charge is -2.48. The number of piperazine rings is 1. The van der Waals surface area contributed by atoms with Gasteiger partial charge in [-0.25, -0.2) is 0 Å². The Bertz CT molecular complexity index is 500. The maximum absolute atomic E-state index is 12.5. The minimum Gasteiger partial charge on any atom is -0.383 e. The molecule has 0 bridgehead atoms. The normalized spacial score (nSPS) is 21.7. The van der Waals surface area contributed by atoms with E-state index in [9.17, 15) is 4.79 Å². The number of hydrogen-bond acceptors (Lipinski definition) is 4. The average Bonchev–Trinajstić information content (AvgIpc) is 3.00. The average molecular weight is 303 g/mol. The third kappa shape index (κ3) is 3.15. The van der Waals surface area contributed by atoms with Crippen LogP contribution in [0, 0.1) is 0 Å². The number of carbonyl (C=O) groups is 1. The molecule has 0 atom stereocenters. The van der Waals surface area contributed by atoms with Gasteiger partial charge >= 0.3 is 0 Å². The molecule has 120 valence electrons. The highest BCUT2D eigenvalue weighted by atomic mass is 16.5. The molecule has 1 saturated heterocycles. The van der Waals surface area contributed by atoms with Gasteiger partial charge in [-0.3, -0.25) is 14.7 Å². The number of ether oxygens (including phenoxy) is 1. The number of aromatic nitrogens is 1. The third-order valence-corrected chi connectivity index (χ3v) is 5.03. The van der Waals surface area contributed by atoms with Gasteiger partial charge in [0.25, 0.3) is 0 Å². The van der Waals surface area contributed by atoms with Crippen LogP contribution in [-0.4, -0.2) is 59.6 Å². The summed E-state index contributed by atoms with van der Waals surface area (Å²) in [4.78, 5) is 21.0. The van der Waals surface area contributed by atoms with E-state index in [1.165, 1.54) is 31.2 Å². The van der Waals surface area contributed by atoms with Crippen molar-refractivity contribution in [3.63, 3.8) is 0 Å². The van der Waals surface area contributed by atoms with Crippen LogP contribution in [0.2, 0.25) is 0 Å². The van der Waals surface area contributed by atoms with E-state index < -0.39 is 0 Å². The van der Waals surface area contributed by atoms with Crippen molar-refractivity contribution in [3.8, 4) is 0 Å². The monoisotopic (exact) mass is 303 g/mol. The third-order valence-electron chi connectivity index (χ3n) is 5.03. The van der Waals surface area contributed by atoms with Crippen LogP contribution in [0.3, 0.4) is 0 Å². The largest absolute Gasteiger partial charge is 0.383 e. The first-order valence-electron chi connectivity index (χ1n) is 8.14. The van der Waals surface area contributed by atoms with Crippen molar-refractivity contribution in [2.75, 3.05) is 33.4 Å². The van der Waals surface area contributed by atoms with Crippen LogP contribution in [0.15, 0.2) is 24.5 Å². The lowest BCUT2D eigenvalue weighted by Crippen LogP contribution is -2.63. The van der Waals surface area contributed by atoms with Crippen LogP contribution < -0.4 is 0 Å². The van der Waals surface area contributed by atoms with Gasteiger partial charge in [0.2, 0.25) is 5.91 Å². The number of carbonyl (C=O) groups excluding carboxylic acids is 1. The number of methoxy groups -OCH3 is 1. The number of rotatable bonds is 5. The van der Waals surface area contributed by atoms with E-state index in [2.05, 4.69) is 16.0 Å². The van der Waals surface area contributed by atoms with Crippen molar-refractivity contribution in [2.45, 2.75) is 37.8 Å². The van der Waals surface area contributed by atoms with E-state index in [0.29, 0.717) is 19.7 Å². The number of pyridine rings is 1. The molecule has 2 aliphatic rings. The maximum atomic E-state index is 12.5. The van der Waals surface area contributed by atoms with Gasteiger partial charge in [-0.1, -0.05) is 18.9 Å². The van der Waals surface area contributed by atoms with Crippen LogP contribution in [0.5, 0.6) is 0 Å². The molecule has 1 spiro atoms. The predicted molar refractivity (Wildman–Crippen MR) is 84.3 cm³/mol. The molecule has 0 N–H and O–H groups in total. The minimum absolute atomic E-state index is 0.150. The van der Waals surface area contributed by atoms with Crippen molar-refractivity contribution >= 4 is 5.91 Å². The molecular formula is C17H25N3O2. The lowest BCUT2D eigenvalue weighted by molar-refractivity contribution is -0.144. The Morgan fingerprint density at radius 3 is 2.86 bits per heavy atom. The van der Waals surface area contributed by atoms with Crippen molar-refractivity contribution in [3.05, 3.63) is 30.1 Å². The molecule has 1 aliphatic carbocycles. The second-order valence-corrected chi connectivity index (χ2v) is 6.46. The molecule has 1 aromatic rings. The fourth-order valence-electron chi connectivity index (χ4n) is 3.82. The van der Waals surface area contributed by atoms with Crippen LogP contribution in [0.25, 0.3) is 0 Å². The molecule has 5 heteroatoms. The Morgan fingerprint density at radius 1 is 1.36 bits per heavy atom. The topological polar surface area (TPSA) is 45.7 Å². The first-order valence-corrected chi connectivity index (χ1v) is 8.14. The Hall–Kier alpha value is -1.46. The maximum Gasteiger partial charge on any atom is 0.236 e. The molecule has 1 saturated carbocycles. The fraction of sp³-hybridized carbons (Fsp3) is 0.647. The van der Waals surface area contributed by atoms with Gasteiger partial charge in [-0.05, 0) is 24.5 Å². The van der Waals surface area contributed by atoms with Gasteiger partial charge in [-0.15, -0.1) is 0 Å². The summed E-state index contributed by atoms with van der Waals surface area (Å²) in [6.07, 6.45) is 8.59. The second kappa shape index (κ2) is 6.75. The molecule has 0 unspecified atom stereocenters. The summed E-state index contributed by atoms with van der Waals surface area (Å²) in [7, 11) is 1.69. The molecule has 0 aromatic carbocycles. The van der Waals surface area contributed by atoms with Crippen LogP contribution >= 0.6 is 0 Å². The number of nitrogens with zero attached hydrogens (tertiary/aromatic N) is 3. The van der Waals surface area contributed by atoms with E-state index in [-0.39, 0.29) is 11.4 Å². The molecule has 2 fully saturated rings. The molecule has 5 nitrogen and oxygen atoms in total. The molecule has 22 heavy (non-hydrogen) atoms. The predicted octanol–water partition coefficient (Wildman–Crippen LogP) is 1.69. The summed E-state index contributed by atoms with van der Waals surface area (Å²) in [6.45, 7) is 3.49. The Morgan fingerprint density at radius 2 is 2.18 bits per heavy atom. The summed E-state index contributed by atoms with van der Waals surface area (Å²) < 4.78 is 5.15. The van der Waals surface area contributed by atoms with Gasteiger partial charge in [-0.2, -0.15) is 0 Å². The van der Waals surface area contributed by atoms with Gasteiger partial charge in [0.15, 0.2) is 0 Å². The first-order chi connectivity index (χ1) is 10.7. The van der Waals surface area contributed by atoms with Gasteiger partial charge < -0.3 is 9.64 Å². The van der Waals surface area contributed by atoms with E-state index >= 15 is 0 Å². The van der Waals surface area contributed by atoms with E-state index in [1.54, 1.807) is 13.3 Å². The molecule has 0 radical (unpaired) electrons. The van der Waals surface area contributed by atoms with Crippen molar-refractivity contribution in [1.82, 2.24) is 14.8 Å². The second-order valence-electron chi connectivity index (χ2n) is 6.46. The van der Waals surface area contributed by atoms with Crippen LogP contribution in [0.4, 0.5) is 0 Å². The van der Waals surface area contributed by atoms with E-state index in [0.717, 1.165) is 13.1 Å². The molecule has 1 amide bonds. The zero-order valence-corrected chi connectivity index (χ0v) is 13.3. The molecule has 1 aromatic heterocycles. The van der Waals surface area contributed by atoms with E-state index in [4.69, 9.17) is 4.74 Å². The van der Waals surface area contributed by atoms with Gasteiger partial charge in [0, 0.05) is 44.7 Å². The zero-order valence-electron chi connectivity index (χ0n) is 13.3. The Balaban J connectivity index is 1.75. The van der Waals surface area contributed by atoms with Crippen LogP contribution in [0.1, 0.15) is 31.2 Å². The standard InChI is InChI=1S/C17H25N3O2/c1-22-10-9-19-14-17(6-2-3-7-17)20(13-16(19)21)12-15-5-4-8-18-11-15/h4-5,8,11H,2-3,6-7,9-10,12-14H2,1H3.